The third kappa shape index (κ3) is 7.04. The first kappa shape index (κ1) is 27.4. The van der Waals surface area contributed by atoms with Crippen molar-refractivity contribution >= 4 is 29.3 Å². The van der Waals surface area contributed by atoms with Crippen LogP contribution < -0.4 is 15.4 Å². The number of hydrogen-bond acceptors (Lipinski definition) is 5. The third-order valence-electron chi connectivity index (χ3n) is 7.51. The maximum Gasteiger partial charge on any atom is 0.323 e. The van der Waals surface area contributed by atoms with Gasteiger partial charge in [0.2, 0.25) is 5.91 Å². The van der Waals surface area contributed by atoms with Crippen LogP contribution in [0, 0.1) is 12.8 Å². The van der Waals surface area contributed by atoms with Gasteiger partial charge >= 0.3 is 12.0 Å². The first-order valence-corrected chi connectivity index (χ1v) is 13.3. The molecule has 1 heterocycles. The quantitative estimate of drug-likeness (QED) is 0.433. The minimum atomic E-state index is -0.720. The Morgan fingerprint density at radius 3 is 2.45 bits per heavy atom. The number of para-hydroxylation sites is 1. The van der Waals surface area contributed by atoms with Gasteiger partial charge in [0.1, 0.15) is 5.75 Å². The van der Waals surface area contributed by atoms with Gasteiger partial charge in [-0.2, -0.15) is 0 Å². The Morgan fingerprint density at radius 2 is 1.74 bits per heavy atom. The molecule has 9 heteroatoms. The van der Waals surface area contributed by atoms with Gasteiger partial charge in [0.15, 0.2) is 0 Å². The highest BCUT2D eigenvalue weighted by atomic mass is 16.5. The highest BCUT2D eigenvalue weighted by Crippen LogP contribution is 2.29. The number of hydrogen-bond donors (Lipinski definition) is 3. The lowest BCUT2D eigenvalue weighted by Gasteiger charge is -2.30. The van der Waals surface area contributed by atoms with Crippen molar-refractivity contribution in [2.24, 2.45) is 5.92 Å². The average Bonchev–Trinajstić information content (AvgIpc) is 3.39. The number of carboxylic acids is 1. The molecule has 204 valence electrons. The second-order valence-corrected chi connectivity index (χ2v) is 10.1. The van der Waals surface area contributed by atoms with Crippen LogP contribution in [0.4, 0.5) is 16.2 Å². The SMILES string of the molecule is COc1cc(CC(=O)N2CCC[C@H]2CO[C@H]2CC[C@@H](C(=O)O)CC2)ccc1NC(=O)Nc1ccccc1C. The number of aryl methyl sites for hydroxylation is 1. The number of urea groups is 1. The lowest BCUT2D eigenvalue weighted by Crippen LogP contribution is -2.40. The zero-order chi connectivity index (χ0) is 27.1. The van der Waals surface area contributed by atoms with Gasteiger partial charge < -0.3 is 30.1 Å². The molecule has 0 bridgehead atoms. The smallest absolute Gasteiger partial charge is 0.323 e. The molecule has 3 amide bonds. The molecule has 0 unspecified atom stereocenters. The molecule has 2 fully saturated rings. The number of carbonyl (C=O) groups excluding carboxylic acids is 2. The molecule has 1 saturated carbocycles. The number of likely N-dealkylation sites (tertiary alicyclic amines) is 1. The summed E-state index contributed by atoms with van der Waals surface area (Å²) in [6.07, 6.45) is 4.93. The Kier molecular flexibility index (Phi) is 9.23. The molecule has 0 aromatic heterocycles. The number of carbonyl (C=O) groups is 3. The summed E-state index contributed by atoms with van der Waals surface area (Å²) in [7, 11) is 1.53. The lowest BCUT2D eigenvalue weighted by molar-refractivity contribution is -0.144. The van der Waals surface area contributed by atoms with E-state index < -0.39 is 5.97 Å². The Labute approximate surface area is 223 Å². The minimum absolute atomic E-state index is 0.0331. The second-order valence-electron chi connectivity index (χ2n) is 10.1. The molecule has 0 radical (unpaired) electrons. The molecule has 2 aliphatic rings. The van der Waals surface area contributed by atoms with Crippen molar-refractivity contribution in [3.63, 3.8) is 0 Å². The van der Waals surface area contributed by atoms with Gasteiger partial charge in [-0.15, -0.1) is 0 Å². The number of nitrogens with zero attached hydrogens (tertiary/aromatic N) is 1. The molecule has 38 heavy (non-hydrogen) atoms. The van der Waals surface area contributed by atoms with Crippen LogP contribution >= 0.6 is 0 Å². The highest BCUT2D eigenvalue weighted by Gasteiger charge is 2.31. The van der Waals surface area contributed by atoms with E-state index >= 15 is 0 Å². The van der Waals surface area contributed by atoms with Crippen molar-refractivity contribution in [3.8, 4) is 5.75 Å². The van der Waals surface area contributed by atoms with Crippen LogP contribution in [0.1, 0.15) is 49.7 Å². The topological polar surface area (TPSA) is 117 Å². The molecule has 0 spiro atoms. The molecule has 2 aromatic carbocycles. The number of carboxylic acid groups (broad SMARTS) is 1. The van der Waals surface area contributed by atoms with Crippen molar-refractivity contribution in [2.75, 3.05) is 30.9 Å². The van der Waals surface area contributed by atoms with Crippen LogP contribution in [-0.4, -0.2) is 60.3 Å². The van der Waals surface area contributed by atoms with Gasteiger partial charge in [0, 0.05) is 12.2 Å². The van der Waals surface area contributed by atoms with Crippen molar-refractivity contribution < 1.29 is 29.0 Å². The second kappa shape index (κ2) is 12.8. The van der Waals surface area contributed by atoms with E-state index in [1.807, 2.05) is 42.2 Å². The third-order valence-corrected chi connectivity index (χ3v) is 7.51. The summed E-state index contributed by atoms with van der Waals surface area (Å²) in [6, 6.07) is 12.5. The summed E-state index contributed by atoms with van der Waals surface area (Å²) in [5, 5.41) is 14.8. The molecule has 4 rings (SSSR count). The Hall–Kier alpha value is -3.59. The summed E-state index contributed by atoms with van der Waals surface area (Å²) in [6.45, 7) is 3.11. The van der Waals surface area contributed by atoms with Crippen molar-refractivity contribution in [2.45, 2.75) is 64.0 Å². The van der Waals surface area contributed by atoms with Gasteiger partial charge in [-0.1, -0.05) is 24.3 Å². The Bertz CT molecular complexity index is 1140. The zero-order valence-corrected chi connectivity index (χ0v) is 22.1. The molecular weight excluding hydrogens is 486 g/mol. The highest BCUT2D eigenvalue weighted by molar-refractivity contribution is 6.01. The predicted molar refractivity (Wildman–Crippen MR) is 145 cm³/mol. The van der Waals surface area contributed by atoms with E-state index in [2.05, 4.69) is 10.6 Å². The summed E-state index contributed by atoms with van der Waals surface area (Å²) in [5.74, 6) is -0.471. The number of ether oxygens (including phenoxy) is 2. The fourth-order valence-electron chi connectivity index (χ4n) is 5.27. The molecule has 3 N–H and O–H groups in total. The fourth-order valence-corrected chi connectivity index (χ4v) is 5.27. The molecular formula is C29H37N3O6. The van der Waals surface area contributed by atoms with Crippen molar-refractivity contribution in [3.05, 3.63) is 53.6 Å². The Balaban J connectivity index is 1.30. The standard InChI is InChI=1S/C29H37N3O6/c1-19-6-3-4-8-24(19)30-29(36)31-25-14-9-20(16-26(25)37-2)17-27(33)32-15-5-7-22(32)18-38-23-12-10-21(11-13-23)28(34)35/h3-4,6,8-9,14,16,21-23H,5,7,10-13,15,17-18H2,1-2H3,(H,34,35)(H2,30,31,36)/t21-,22-,23+/m0/s1. The number of benzene rings is 2. The largest absolute Gasteiger partial charge is 0.495 e. The molecule has 1 atom stereocenters. The number of anilines is 2. The van der Waals surface area contributed by atoms with Crippen molar-refractivity contribution in [1.82, 2.24) is 4.90 Å². The van der Waals surface area contributed by atoms with E-state index in [9.17, 15) is 19.5 Å². The van der Waals surface area contributed by atoms with E-state index in [0.717, 1.165) is 42.5 Å². The van der Waals surface area contributed by atoms with Crippen LogP contribution in [0.25, 0.3) is 0 Å². The number of aliphatic carboxylic acids is 1. The van der Waals surface area contributed by atoms with E-state index in [-0.39, 0.29) is 36.4 Å². The lowest BCUT2D eigenvalue weighted by atomic mass is 9.87. The van der Waals surface area contributed by atoms with Gasteiger partial charge in [-0.05, 0) is 74.8 Å². The van der Waals surface area contributed by atoms with Gasteiger partial charge in [-0.3, -0.25) is 9.59 Å². The summed E-state index contributed by atoms with van der Waals surface area (Å²) >= 11 is 0. The zero-order valence-electron chi connectivity index (χ0n) is 22.1. The molecule has 1 aliphatic carbocycles. The molecule has 1 aliphatic heterocycles. The van der Waals surface area contributed by atoms with E-state index in [4.69, 9.17) is 9.47 Å². The average molecular weight is 524 g/mol. The molecule has 1 saturated heterocycles. The predicted octanol–water partition coefficient (Wildman–Crippen LogP) is 4.84. The van der Waals surface area contributed by atoms with Crippen LogP contribution in [0.3, 0.4) is 0 Å². The first-order chi connectivity index (χ1) is 18.3. The van der Waals surface area contributed by atoms with E-state index in [1.54, 1.807) is 12.1 Å². The van der Waals surface area contributed by atoms with Gasteiger partial charge in [-0.25, -0.2) is 4.79 Å². The molecule has 2 aromatic rings. The number of nitrogens with one attached hydrogen (secondary N) is 2. The van der Waals surface area contributed by atoms with Crippen LogP contribution in [-0.2, 0) is 20.7 Å². The normalized spacial score (nSPS) is 21.1. The van der Waals surface area contributed by atoms with E-state index in [1.165, 1.54) is 7.11 Å². The van der Waals surface area contributed by atoms with Crippen molar-refractivity contribution in [1.29, 1.82) is 0 Å². The summed E-state index contributed by atoms with van der Waals surface area (Å²) in [4.78, 5) is 38.8. The van der Waals surface area contributed by atoms with Crippen LogP contribution in [0.15, 0.2) is 42.5 Å². The van der Waals surface area contributed by atoms with Crippen LogP contribution in [0.5, 0.6) is 5.75 Å². The summed E-state index contributed by atoms with van der Waals surface area (Å²) in [5.41, 5.74) is 3.00. The number of amides is 3. The van der Waals surface area contributed by atoms with E-state index in [0.29, 0.717) is 37.4 Å². The first-order valence-electron chi connectivity index (χ1n) is 13.3. The van der Waals surface area contributed by atoms with Crippen LogP contribution in [0.2, 0.25) is 0 Å². The maximum atomic E-state index is 13.2. The summed E-state index contributed by atoms with van der Waals surface area (Å²) < 4.78 is 11.6. The minimum Gasteiger partial charge on any atom is -0.495 e. The molecule has 9 nitrogen and oxygen atoms in total. The number of methoxy groups -OCH3 is 1. The monoisotopic (exact) mass is 523 g/mol. The fraction of sp³-hybridized carbons (Fsp3) is 0.483. The Morgan fingerprint density at radius 1 is 1.00 bits per heavy atom. The van der Waals surface area contributed by atoms with Gasteiger partial charge in [0.25, 0.3) is 0 Å². The van der Waals surface area contributed by atoms with Gasteiger partial charge in [0.05, 0.1) is 43.9 Å². The number of rotatable bonds is 9. The maximum absolute atomic E-state index is 13.2.